The molecule has 1 amide bonds. The maximum absolute atomic E-state index is 12.3. The number of amides is 1. The van der Waals surface area contributed by atoms with Gasteiger partial charge in [-0.2, -0.15) is 0 Å². The molecule has 0 aromatic heterocycles. The molecule has 6 nitrogen and oxygen atoms in total. The van der Waals surface area contributed by atoms with Crippen molar-refractivity contribution in [2.45, 2.75) is 26.9 Å². The van der Waals surface area contributed by atoms with Crippen LogP contribution in [0.1, 0.15) is 28.4 Å². The van der Waals surface area contributed by atoms with E-state index < -0.39 is 12.1 Å². The fraction of sp³-hybridized carbons (Fsp3) is 0.263. The summed E-state index contributed by atoms with van der Waals surface area (Å²) >= 11 is 0. The van der Waals surface area contributed by atoms with Crippen molar-refractivity contribution in [2.24, 2.45) is 0 Å². The molecule has 0 fully saturated rings. The molecule has 1 unspecified atom stereocenters. The standard InChI is InChI=1S/C19H19NO5/c1-11-4-6-15(12(2)8-11)20-18(21)13(3)25-19(22)14-5-7-16-17(9-14)24-10-23-16/h4-9,13H,10H2,1-3H3,(H,20,21). The lowest BCUT2D eigenvalue weighted by atomic mass is 10.1. The molecule has 1 N–H and O–H groups in total. The van der Waals surface area contributed by atoms with Gasteiger partial charge in [-0.05, 0) is 50.6 Å². The Morgan fingerprint density at radius 1 is 1.08 bits per heavy atom. The third-order valence-corrected chi connectivity index (χ3v) is 3.90. The van der Waals surface area contributed by atoms with Gasteiger partial charge in [-0.1, -0.05) is 17.7 Å². The highest BCUT2D eigenvalue weighted by atomic mass is 16.7. The summed E-state index contributed by atoms with van der Waals surface area (Å²) in [6.07, 6.45) is -0.932. The second kappa shape index (κ2) is 6.84. The molecule has 0 saturated carbocycles. The Morgan fingerprint density at radius 2 is 1.84 bits per heavy atom. The number of hydrogen-bond donors (Lipinski definition) is 1. The van der Waals surface area contributed by atoms with Crippen molar-refractivity contribution in [3.63, 3.8) is 0 Å². The van der Waals surface area contributed by atoms with E-state index in [0.29, 0.717) is 22.7 Å². The SMILES string of the molecule is Cc1ccc(NC(=O)C(C)OC(=O)c2ccc3c(c2)OCO3)c(C)c1. The molecule has 6 heteroatoms. The van der Waals surface area contributed by atoms with E-state index in [9.17, 15) is 9.59 Å². The predicted molar refractivity (Wildman–Crippen MR) is 92.0 cm³/mol. The van der Waals surface area contributed by atoms with E-state index in [2.05, 4.69) is 5.32 Å². The lowest BCUT2D eigenvalue weighted by Crippen LogP contribution is -2.30. The third-order valence-electron chi connectivity index (χ3n) is 3.90. The van der Waals surface area contributed by atoms with Crippen LogP contribution in [0.4, 0.5) is 5.69 Å². The first-order chi connectivity index (χ1) is 11.9. The minimum Gasteiger partial charge on any atom is -0.454 e. The van der Waals surface area contributed by atoms with Gasteiger partial charge in [0.15, 0.2) is 17.6 Å². The summed E-state index contributed by atoms with van der Waals surface area (Å²) in [4.78, 5) is 24.5. The first-order valence-corrected chi connectivity index (χ1v) is 7.93. The normalized spacial score (nSPS) is 13.2. The van der Waals surface area contributed by atoms with Crippen molar-refractivity contribution in [1.82, 2.24) is 0 Å². The van der Waals surface area contributed by atoms with Crippen LogP contribution in [-0.4, -0.2) is 24.8 Å². The number of fused-ring (bicyclic) bond motifs is 1. The zero-order valence-corrected chi connectivity index (χ0v) is 14.3. The van der Waals surface area contributed by atoms with Crippen LogP contribution in [0.5, 0.6) is 11.5 Å². The Morgan fingerprint density at radius 3 is 2.60 bits per heavy atom. The number of benzene rings is 2. The van der Waals surface area contributed by atoms with E-state index in [0.717, 1.165) is 11.1 Å². The van der Waals surface area contributed by atoms with E-state index in [1.165, 1.54) is 6.92 Å². The molecule has 0 saturated heterocycles. The molecular formula is C19H19NO5. The van der Waals surface area contributed by atoms with E-state index in [1.807, 2.05) is 32.0 Å². The van der Waals surface area contributed by atoms with Crippen LogP contribution < -0.4 is 14.8 Å². The number of hydrogen-bond acceptors (Lipinski definition) is 5. The number of carbonyl (C=O) groups is 2. The minimum absolute atomic E-state index is 0.128. The van der Waals surface area contributed by atoms with Crippen LogP contribution in [0.3, 0.4) is 0 Å². The summed E-state index contributed by atoms with van der Waals surface area (Å²) in [5.41, 5.74) is 3.05. The van der Waals surface area contributed by atoms with Crippen LogP contribution in [0.25, 0.3) is 0 Å². The maximum Gasteiger partial charge on any atom is 0.339 e. The number of nitrogens with one attached hydrogen (secondary N) is 1. The number of aryl methyl sites for hydroxylation is 2. The third kappa shape index (κ3) is 3.74. The summed E-state index contributed by atoms with van der Waals surface area (Å²) in [5, 5.41) is 2.77. The van der Waals surface area contributed by atoms with Gasteiger partial charge < -0.3 is 19.5 Å². The van der Waals surface area contributed by atoms with Gasteiger partial charge in [-0.25, -0.2) is 4.79 Å². The van der Waals surface area contributed by atoms with Crippen molar-refractivity contribution >= 4 is 17.6 Å². The van der Waals surface area contributed by atoms with E-state index >= 15 is 0 Å². The lowest BCUT2D eigenvalue weighted by molar-refractivity contribution is -0.123. The fourth-order valence-corrected chi connectivity index (χ4v) is 2.49. The molecule has 3 rings (SSSR count). The molecular weight excluding hydrogens is 322 g/mol. The van der Waals surface area contributed by atoms with Crippen LogP contribution in [0.2, 0.25) is 0 Å². The molecule has 1 atom stereocenters. The number of ether oxygens (including phenoxy) is 3. The number of rotatable bonds is 4. The van der Waals surface area contributed by atoms with Gasteiger partial charge in [-0.15, -0.1) is 0 Å². The predicted octanol–water partition coefficient (Wildman–Crippen LogP) is 3.22. The smallest absolute Gasteiger partial charge is 0.339 e. The van der Waals surface area contributed by atoms with Crippen molar-refractivity contribution in [3.05, 3.63) is 53.1 Å². The van der Waals surface area contributed by atoms with Crippen molar-refractivity contribution in [2.75, 3.05) is 12.1 Å². The Kier molecular flexibility index (Phi) is 4.61. The topological polar surface area (TPSA) is 73.9 Å². The summed E-state index contributed by atoms with van der Waals surface area (Å²) < 4.78 is 15.7. The Bertz CT molecular complexity index is 831. The average molecular weight is 341 g/mol. The largest absolute Gasteiger partial charge is 0.454 e. The first-order valence-electron chi connectivity index (χ1n) is 7.93. The molecule has 2 aromatic carbocycles. The van der Waals surface area contributed by atoms with Gasteiger partial charge in [-0.3, -0.25) is 4.79 Å². The van der Waals surface area contributed by atoms with Gasteiger partial charge >= 0.3 is 5.97 Å². The second-order valence-electron chi connectivity index (χ2n) is 5.92. The molecule has 0 radical (unpaired) electrons. The molecule has 0 spiro atoms. The van der Waals surface area contributed by atoms with Crippen molar-refractivity contribution < 1.29 is 23.8 Å². The highest BCUT2D eigenvalue weighted by Gasteiger charge is 2.22. The molecule has 0 aliphatic carbocycles. The maximum atomic E-state index is 12.3. The fourth-order valence-electron chi connectivity index (χ4n) is 2.49. The van der Waals surface area contributed by atoms with Crippen LogP contribution in [0.15, 0.2) is 36.4 Å². The van der Waals surface area contributed by atoms with Gasteiger partial charge in [0.1, 0.15) is 0 Å². The minimum atomic E-state index is -0.932. The summed E-state index contributed by atoms with van der Waals surface area (Å²) in [6.45, 7) is 5.55. The average Bonchev–Trinajstić information content (AvgIpc) is 3.04. The van der Waals surface area contributed by atoms with E-state index in [4.69, 9.17) is 14.2 Å². The lowest BCUT2D eigenvalue weighted by Gasteiger charge is -2.15. The summed E-state index contributed by atoms with van der Waals surface area (Å²) in [5.74, 6) is 0.0849. The molecule has 1 heterocycles. The van der Waals surface area contributed by atoms with Gasteiger partial charge in [0, 0.05) is 5.69 Å². The summed E-state index contributed by atoms with van der Waals surface area (Å²) in [7, 11) is 0. The van der Waals surface area contributed by atoms with Crippen LogP contribution in [-0.2, 0) is 9.53 Å². The highest BCUT2D eigenvalue weighted by molar-refractivity contribution is 5.98. The Labute approximate surface area is 145 Å². The van der Waals surface area contributed by atoms with Gasteiger partial charge in [0.25, 0.3) is 5.91 Å². The molecule has 130 valence electrons. The molecule has 25 heavy (non-hydrogen) atoms. The van der Waals surface area contributed by atoms with Crippen LogP contribution >= 0.6 is 0 Å². The quantitative estimate of drug-likeness (QED) is 0.865. The highest BCUT2D eigenvalue weighted by Crippen LogP contribution is 2.32. The molecule has 1 aliphatic rings. The zero-order chi connectivity index (χ0) is 18.0. The number of esters is 1. The van der Waals surface area contributed by atoms with E-state index in [-0.39, 0.29) is 12.7 Å². The van der Waals surface area contributed by atoms with Crippen LogP contribution in [0, 0.1) is 13.8 Å². The van der Waals surface area contributed by atoms with E-state index in [1.54, 1.807) is 18.2 Å². The zero-order valence-electron chi connectivity index (χ0n) is 14.3. The molecule has 0 bridgehead atoms. The molecule has 1 aliphatic heterocycles. The van der Waals surface area contributed by atoms with Crippen molar-refractivity contribution in [1.29, 1.82) is 0 Å². The Balaban J connectivity index is 1.63. The summed E-state index contributed by atoms with van der Waals surface area (Å²) in [6, 6.07) is 10.5. The first kappa shape index (κ1) is 16.8. The second-order valence-corrected chi connectivity index (χ2v) is 5.92. The number of carbonyl (C=O) groups excluding carboxylic acids is 2. The Hall–Kier alpha value is -3.02. The monoisotopic (exact) mass is 341 g/mol. The van der Waals surface area contributed by atoms with Gasteiger partial charge in [0.2, 0.25) is 6.79 Å². The van der Waals surface area contributed by atoms with Crippen molar-refractivity contribution in [3.8, 4) is 11.5 Å². The number of anilines is 1. The van der Waals surface area contributed by atoms with Gasteiger partial charge in [0.05, 0.1) is 5.56 Å². The molecule has 2 aromatic rings.